The predicted molar refractivity (Wildman–Crippen MR) is 99.5 cm³/mol. The molecule has 1 N–H and O–H groups in total. The van der Waals surface area contributed by atoms with Gasteiger partial charge in [0.1, 0.15) is 0 Å². The molecule has 0 fully saturated rings. The van der Waals surface area contributed by atoms with Gasteiger partial charge in [-0.2, -0.15) is 0 Å². The summed E-state index contributed by atoms with van der Waals surface area (Å²) >= 11 is 5.87. The van der Waals surface area contributed by atoms with Gasteiger partial charge >= 0.3 is 0 Å². The Labute approximate surface area is 144 Å². The molecule has 0 unspecified atom stereocenters. The van der Waals surface area contributed by atoms with Crippen LogP contribution in [0.1, 0.15) is 25.3 Å². The third kappa shape index (κ3) is 7.33. The molecule has 0 radical (unpaired) electrons. The molecule has 0 aromatic heterocycles. The van der Waals surface area contributed by atoms with E-state index in [9.17, 15) is 0 Å². The highest BCUT2D eigenvalue weighted by Gasteiger charge is 2.04. The number of unbranched alkanes of at least 4 members (excludes halogenated alkanes) is 1. The molecular weight excluding hydrogens is 385 g/mol. The van der Waals surface area contributed by atoms with E-state index in [-0.39, 0.29) is 24.0 Å². The fraction of sp³-hybridized carbons (Fsp3) is 0.533. The van der Waals surface area contributed by atoms with Crippen molar-refractivity contribution in [3.63, 3.8) is 0 Å². The summed E-state index contributed by atoms with van der Waals surface area (Å²) in [6.07, 6.45) is 3.36. The van der Waals surface area contributed by atoms with Gasteiger partial charge in [0.25, 0.3) is 0 Å². The van der Waals surface area contributed by atoms with Crippen molar-refractivity contribution in [3.05, 3.63) is 34.9 Å². The molecule has 5 heteroatoms. The Kier molecular flexibility index (Phi) is 10.9. The van der Waals surface area contributed by atoms with Crippen LogP contribution in [0, 0.1) is 0 Å². The minimum absolute atomic E-state index is 0. The van der Waals surface area contributed by atoms with Crippen LogP contribution in [0.5, 0.6) is 0 Å². The van der Waals surface area contributed by atoms with E-state index in [2.05, 4.69) is 41.3 Å². The molecular formula is C15H25ClIN3. The van der Waals surface area contributed by atoms with E-state index >= 15 is 0 Å². The van der Waals surface area contributed by atoms with Gasteiger partial charge < -0.3 is 10.2 Å². The number of hydrogen-bond donors (Lipinski definition) is 1. The molecule has 0 heterocycles. The van der Waals surface area contributed by atoms with E-state index in [1.54, 1.807) is 0 Å². The second kappa shape index (κ2) is 11.2. The van der Waals surface area contributed by atoms with Crippen LogP contribution in [0.4, 0.5) is 0 Å². The number of guanidine groups is 1. The van der Waals surface area contributed by atoms with Crippen molar-refractivity contribution in [3.8, 4) is 0 Å². The van der Waals surface area contributed by atoms with Gasteiger partial charge in [0.2, 0.25) is 0 Å². The zero-order chi connectivity index (χ0) is 14.1. The summed E-state index contributed by atoms with van der Waals surface area (Å²) in [5.41, 5.74) is 1.28. The number of nitrogens with zero attached hydrogens (tertiary/aromatic N) is 2. The number of aliphatic imine (C=N–C) groups is 1. The van der Waals surface area contributed by atoms with E-state index in [1.807, 2.05) is 19.2 Å². The Morgan fingerprint density at radius 3 is 2.50 bits per heavy atom. The van der Waals surface area contributed by atoms with Gasteiger partial charge in [-0.25, -0.2) is 0 Å². The quantitative estimate of drug-likeness (QED) is 0.439. The monoisotopic (exact) mass is 409 g/mol. The molecule has 1 rings (SSSR count). The largest absolute Gasteiger partial charge is 0.356 e. The lowest BCUT2D eigenvalue weighted by Gasteiger charge is -2.21. The smallest absolute Gasteiger partial charge is 0.193 e. The summed E-state index contributed by atoms with van der Waals surface area (Å²) < 4.78 is 0. The molecule has 114 valence electrons. The highest BCUT2D eigenvalue weighted by atomic mass is 127. The van der Waals surface area contributed by atoms with Gasteiger partial charge in [0, 0.05) is 32.2 Å². The third-order valence-corrected chi connectivity index (χ3v) is 3.28. The summed E-state index contributed by atoms with van der Waals surface area (Å²) in [5, 5.41) is 4.17. The maximum absolute atomic E-state index is 5.87. The molecule has 0 aliphatic heterocycles. The molecule has 0 aliphatic carbocycles. The summed E-state index contributed by atoms with van der Waals surface area (Å²) in [4.78, 5) is 6.47. The molecule has 0 saturated carbocycles. The standard InChI is InChI=1S/C15H24ClN3.HI/c1-4-5-12-19(3)15(17-2)18-11-10-13-6-8-14(16)9-7-13;/h6-9H,4-5,10-12H2,1-3H3,(H,17,18);1H. The van der Waals surface area contributed by atoms with Crippen LogP contribution in [0.3, 0.4) is 0 Å². The average molecular weight is 410 g/mol. The van der Waals surface area contributed by atoms with Crippen molar-refractivity contribution >= 4 is 41.5 Å². The zero-order valence-electron chi connectivity index (χ0n) is 12.5. The van der Waals surface area contributed by atoms with Crippen molar-refractivity contribution in [2.75, 3.05) is 27.2 Å². The first-order valence-corrected chi connectivity index (χ1v) is 7.21. The van der Waals surface area contributed by atoms with Gasteiger partial charge in [-0.3, -0.25) is 4.99 Å². The highest BCUT2D eigenvalue weighted by molar-refractivity contribution is 14.0. The van der Waals surface area contributed by atoms with E-state index in [0.717, 1.165) is 30.5 Å². The summed E-state index contributed by atoms with van der Waals surface area (Å²) in [7, 11) is 3.90. The van der Waals surface area contributed by atoms with Gasteiger partial charge in [-0.05, 0) is 30.5 Å². The molecule has 0 spiro atoms. The molecule has 0 aliphatic rings. The van der Waals surface area contributed by atoms with Crippen LogP contribution >= 0.6 is 35.6 Å². The van der Waals surface area contributed by atoms with Crippen molar-refractivity contribution in [1.82, 2.24) is 10.2 Å². The second-order valence-corrected chi connectivity index (χ2v) is 5.06. The van der Waals surface area contributed by atoms with E-state index in [0.29, 0.717) is 0 Å². The fourth-order valence-electron chi connectivity index (χ4n) is 1.86. The highest BCUT2D eigenvalue weighted by Crippen LogP contribution is 2.09. The van der Waals surface area contributed by atoms with Crippen molar-refractivity contribution in [2.24, 2.45) is 4.99 Å². The van der Waals surface area contributed by atoms with Crippen LogP contribution in [0.25, 0.3) is 0 Å². The lowest BCUT2D eigenvalue weighted by atomic mass is 10.1. The van der Waals surface area contributed by atoms with E-state index in [4.69, 9.17) is 11.6 Å². The minimum atomic E-state index is 0. The van der Waals surface area contributed by atoms with Crippen LogP contribution < -0.4 is 5.32 Å². The molecule has 1 aromatic rings. The van der Waals surface area contributed by atoms with Crippen molar-refractivity contribution in [2.45, 2.75) is 26.2 Å². The molecule has 0 atom stereocenters. The van der Waals surface area contributed by atoms with Crippen LogP contribution in [0.2, 0.25) is 5.02 Å². The lowest BCUT2D eigenvalue weighted by molar-refractivity contribution is 0.465. The normalized spacial score (nSPS) is 10.9. The molecule has 0 bridgehead atoms. The topological polar surface area (TPSA) is 27.6 Å². The van der Waals surface area contributed by atoms with Gasteiger partial charge in [0.15, 0.2) is 5.96 Å². The molecule has 1 aromatic carbocycles. The van der Waals surface area contributed by atoms with Crippen LogP contribution in [-0.2, 0) is 6.42 Å². The fourth-order valence-corrected chi connectivity index (χ4v) is 1.98. The summed E-state index contributed by atoms with van der Waals surface area (Å²) in [6, 6.07) is 7.99. The first-order valence-electron chi connectivity index (χ1n) is 6.83. The first kappa shape index (κ1) is 19.5. The number of nitrogens with one attached hydrogen (secondary N) is 1. The molecule has 3 nitrogen and oxygen atoms in total. The summed E-state index contributed by atoms with van der Waals surface area (Å²) in [6.45, 7) is 4.12. The average Bonchev–Trinajstić information content (AvgIpc) is 2.43. The maximum Gasteiger partial charge on any atom is 0.193 e. The van der Waals surface area contributed by atoms with E-state index in [1.165, 1.54) is 18.4 Å². The number of benzene rings is 1. The Bertz CT molecular complexity index is 393. The minimum Gasteiger partial charge on any atom is -0.356 e. The van der Waals surface area contributed by atoms with Crippen LogP contribution in [-0.4, -0.2) is 38.0 Å². The number of hydrogen-bond acceptors (Lipinski definition) is 1. The first-order chi connectivity index (χ1) is 9.17. The predicted octanol–water partition coefficient (Wildman–Crippen LogP) is 3.81. The number of halogens is 2. The molecule has 20 heavy (non-hydrogen) atoms. The Morgan fingerprint density at radius 2 is 1.95 bits per heavy atom. The SMILES string of the molecule is CCCCN(C)C(=NC)NCCc1ccc(Cl)cc1.I. The number of rotatable bonds is 6. The molecule has 0 amide bonds. The van der Waals surface area contributed by atoms with E-state index < -0.39 is 0 Å². The second-order valence-electron chi connectivity index (χ2n) is 4.63. The Balaban J connectivity index is 0.00000361. The summed E-state index contributed by atoms with van der Waals surface area (Å²) in [5.74, 6) is 0.961. The molecule has 0 saturated heterocycles. The van der Waals surface area contributed by atoms with Gasteiger partial charge in [-0.1, -0.05) is 37.1 Å². The Morgan fingerprint density at radius 1 is 1.30 bits per heavy atom. The van der Waals surface area contributed by atoms with Crippen molar-refractivity contribution in [1.29, 1.82) is 0 Å². The van der Waals surface area contributed by atoms with Crippen LogP contribution in [0.15, 0.2) is 29.3 Å². The lowest BCUT2D eigenvalue weighted by Crippen LogP contribution is -2.40. The Hall–Kier alpha value is -0.490. The van der Waals surface area contributed by atoms with Gasteiger partial charge in [0.05, 0.1) is 0 Å². The van der Waals surface area contributed by atoms with Crippen molar-refractivity contribution < 1.29 is 0 Å². The third-order valence-electron chi connectivity index (χ3n) is 3.03. The zero-order valence-corrected chi connectivity index (χ0v) is 15.6. The maximum atomic E-state index is 5.87. The van der Waals surface area contributed by atoms with Gasteiger partial charge in [-0.15, -0.1) is 24.0 Å².